The number of para-hydroxylation sites is 1. The molecule has 1 fully saturated rings. The van der Waals surface area contributed by atoms with Crippen LogP contribution in [0.4, 0.5) is 17.1 Å². The molecule has 0 spiro atoms. The summed E-state index contributed by atoms with van der Waals surface area (Å²) in [5, 5.41) is 10.7. The molecular formula is C17H15N3O4. The second-order valence-corrected chi connectivity index (χ2v) is 5.51. The van der Waals surface area contributed by atoms with Gasteiger partial charge in [0.15, 0.2) is 0 Å². The molecule has 2 aromatic rings. The molecule has 1 aliphatic rings. The fourth-order valence-corrected chi connectivity index (χ4v) is 2.76. The first-order valence-corrected chi connectivity index (χ1v) is 7.38. The van der Waals surface area contributed by atoms with Crippen LogP contribution in [0.1, 0.15) is 6.42 Å². The minimum Gasteiger partial charge on any atom is -0.362 e. The summed E-state index contributed by atoms with van der Waals surface area (Å²) in [4.78, 5) is 38.0. The maximum atomic E-state index is 12.7. The van der Waals surface area contributed by atoms with Gasteiger partial charge in [-0.25, -0.2) is 4.90 Å². The predicted molar refractivity (Wildman–Crippen MR) is 88.8 cm³/mol. The lowest BCUT2D eigenvalue weighted by Crippen LogP contribution is -2.40. The van der Waals surface area contributed by atoms with Crippen molar-refractivity contribution in [1.82, 2.24) is 0 Å². The van der Waals surface area contributed by atoms with Crippen molar-refractivity contribution in [3.63, 3.8) is 0 Å². The Bertz CT molecular complexity index is 789. The number of anilines is 2. The van der Waals surface area contributed by atoms with Gasteiger partial charge in [0.25, 0.3) is 11.6 Å². The molecule has 7 heteroatoms. The largest absolute Gasteiger partial charge is 0.362 e. The SMILES string of the molecule is CN(c1ccccc1)[C@@H]1CC(=O)N(c2ccc([N+](=O)[O-])cc2)C1=O. The third-order valence-corrected chi connectivity index (χ3v) is 4.07. The van der Waals surface area contributed by atoms with E-state index in [1.807, 2.05) is 30.3 Å². The van der Waals surface area contributed by atoms with Crippen molar-refractivity contribution in [1.29, 1.82) is 0 Å². The Kier molecular flexibility index (Phi) is 3.99. The minimum atomic E-state index is -0.588. The molecular weight excluding hydrogens is 310 g/mol. The number of carbonyl (C=O) groups is 2. The molecule has 2 aromatic carbocycles. The smallest absolute Gasteiger partial charge is 0.269 e. The summed E-state index contributed by atoms with van der Waals surface area (Å²) in [5.74, 6) is -0.651. The van der Waals surface area contributed by atoms with Crippen LogP contribution in [0.25, 0.3) is 0 Å². The topological polar surface area (TPSA) is 83.8 Å². The van der Waals surface area contributed by atoms with Gasteiger partial charge in [0.05, 0.1) is 17.0 Å². The van der Waals surface area contributed by atoms with Gasteiger partial charge in [0.1, 0.15) is 6.04 Å². The Labute approximate surface area is 138 Å². The van der Waals surface area contributed by atoms with E-state index in [2.05, 4.69) is 0 Å². The van der Waals surface area contributed by atoms with Gasteiger partial charge in [-0.05, 0) is 24.3 Å². The van der Waals surface area contributed by atoms with Gasteiger partial charge in [-0.15, -0.1) is 0 Å². The van der Waals surface area contributed by atoms with Crippen LogP contribution in [0.5, 0.6) is 0 Å². The van der Waals surface area contributed by atoms with E-state index in [1.54, 1.807) is 11.9 Å². The summed E-state index contributed by atoms with van der Waals surface area (Å²) in [7, 11) is 1.77. The second kappa shape index (κ2) is 6.11. The standard InChI is InChI=1S/C17H15N3O4/c1-18(12-5-3-2-4-6-12)15-11-16(21)19(17(15)22)13-7-9-14(10-8-13)20(23)24/h2-10,15H,11H2,1H3/t15-/m1/s1. The van der Waals surface area contributed by atoms with Gasteiger partial charge >= 0.3 is 0 Å². The molecule has 122 valence electrons. The first-order valence-electron chi connectivity index (χ1n) is 7.38. The van der Waals surface area contributed by atoms with Crippen molar-refractivity contribution in [3.05, 3.63) is 64.7 Å². The summed E-state index contributed by atoms with van der Waals surface area (Å²) in [5.41, 5.74) is 1.10. The van der Waals surface area contributed by atoms with Crippen molar-refractivity contribution >= 4 is 28.9 Å². The first kappa shape index (κ1) is 15.7. The zero-order valence-corrected chi connectivity index (χ0v) is 13.0. The van der Waals surface area contributed by atoms with Crippen LogP contribution in [-0.2, 0) is 9.59 Å². The number of nitro groups is 1. The number of likely N-dealkylation sites (N-methyl/N-ethyl adjacent to an activating group) is 1. The van der Waals surface area contributed by atoms with E-state index >= 15 is 0 Å². The molecule has 1 heterocycles. The number of amides is 2. The van der Waals surface area contributed by atoms with E-state index in [4.69, 9.17) is 0 Å². The van der Waals surface area contributed by atoms with Crippen molar-refractivity contribution in [2.45, 2.75) is 12.5 Å². The molecule has 24 heavy (non-hydrogen) atoms. The maximum Gasteiger partial charge on any atom is 0.269 e. The number of rotatable bonds is 4. The number of carbonyl (C=O) groups excluding carboxylic acids is 2. The Morgan fingerprint density at radius 3 is 2.29 bits per heavy atom. The van der Waals surface area contributed by atoms with Gasteiger partial charge in [0, 0.05) is 24.9 Å². The lowest BCUT2D eigenvalue weighted by molar-refractivity contribution is -0.384. The van der Waals surface area contributed by atoms with Crippen molar-refractivity contribution in [2.24, 2.45) is 0 Å². The average Bonchev–Trinajstić information content (AvgIpc) is 2.89. The number of hydrogen-bond donors (Lipinski definition) is 0. The summed E-state index contributed by atoms with van der Waals surface area (Å²) < 4.78 is 0. The zero-order valence-electron chi connectivity index (χ0n) is 13.0. The van der Waals surface area contributed by atoms with E-state index in [-0.39, 0.29) is 23.9 Å². The van der Waals surface area contributed by atoms with Crippen LogP contribution < -0.4 is 9.80 Å². The first-order chi connectivity index (χ1) is 11.5. The van der Waals surface area contributed by atoms with Crippen LogP contribution in [-0.4, -0.2) is 29.8 Å². The molecule has 0 aliphatic carbocycles. The number of imide groups is 1. The summed E-state index contributed by atoms with van der Waals surface area (Å²) in [6, 6.07) is 14.1. The number of nitro benzene ring substituents is 1. The quantitative estimate of drug-likeness (QED) is 0.489. The Hall–Kier alpha value is -3.22. The highest BCUT2D eigenvalue weighted by Gasteiger charge is 2.41. The van der Waals surface area contributed by atoms with Crippen LogP contribution in [0.2, 0.25) is 0 Å². The summed E-state index contributed by atoms with van der Waals surface area (Å²) in [6.07, 6.45) is 0.0706. The van der Waals surface area contributed by atoms with Crippen molar-refractivity contribution in [2.75, 3.05) is 16.8 Å². The van der Waals surface area contributed by atoms with Gasteiger partial charge in [-0.3, -0.25) is 19.7 Å². The average molecular weight is 325 g/mol. The highest BCUT2D eigenvalue weighted by Crippen LogP contribution is 2.28. The van der Waals surface area contributed by atoms with Crippen LogP contribution in [0.15, 0.2) is 54.6 Å². The van der Waals surface area contributed by atoms with E-state index in [9.17, 15) is 19.7 Å². The fraction of sp³-hybridized carbons (Fsp3) is 0.176. The van der Waals surface area contributed by atoms with E-state index in [0.29, 0.717) is 5.69 Å². The number of non-ortho nitro benzene ring substituents is 1. The molecule has 0 unspecified atom stereocenters. The molecule has 1 saturated heterocycles. The third kappa shape index (κ3) is 2.71. The van der Waals surface area contributed by atoms with Crippen molar-refractivity contribution < 1.29 is 14.5 Å². The number of hydrogen-bond acceptors (Lipinski definition) is 5. The lowest BCUT2D eigenvalue weighted by atomic mass is 10.2. The highest BCUT2D eigenvalue weighted by atomic mass is 16.6. The normalized spacial score (nSPS) is 17.2. The Morgan fingerprint density at radius 1 is 1.08 bits per heavy atom. The summed E-state index contributed by atoms with van der Waals surface area (Å²) >= 11 is 0. The molecule has 0 bridgehead atoms. The van der Waals surface area contributed by atoms with Crippen LogP contribution in [0.3, 0.4) is 0 Å². The zero-order chi connectivity index (χ0) is 17.3. The highest BCUT2D eigenvalue weighted by molar-refractivity contribution is 6.23. The van der Waals surface area contributed by atoms with E-state index in [0.717, 1.165) is 10.6 Å². The van der Waals surface area contributed by atoms with Gasteiger partial charge in [-0.1, -0.05) is 18.2 Å². The van der Waals surface area contributed by atoms with E-state index < -0.39 is 11.0 Å². The minimum absolute atomic E-state index is 0.0706. The molecule has 0 aromatic heterocycles. The van der Waals surface area contributed by atoms with Gasteiger partial charge in [-0.2, -0.15) is 0 Å². The predicted octanol–water partition coefficient (Wildman–Crippen LogP) is 2.36. The molecule has 3 rings (SSSR count). The third-order valence-electron chi connectivity index (χ3n) is 4.07. The molecule has 1 aliphatic heterocycles. The van der Waals surface area contributed by atoms with Gasteiger partial charge < -0.3 is 4.90 Å². The lowest BCUT2D eigenvalue weighted by Gasteiger charge is -2.25. The Morgan fingerprint density at radius 2 is 1.71 bits per heavy atom. The Balaban J connectivity index is 1.85. The second-order valence-electron chi connectivity index (χ2n) is 5.51. The molecule has 2 amide bonds. The number of nitrogens with zero attached hydrogens (tertiary/aromatic N) is 3. The molecule has 7 nitrogen and oxygen atoms in total. The maximum absolute atomic E-state index is 12.7. The monoisotopic (exact) mass is 325 g/mol. The molecule has 1 atom stereocenters. The molecule has 0 radical (unpaired) electrons. The number of benzene rings is 2. The van der Waals surface area contributed by atoms with E-state index in [1.165, 1.54) is 24.3 Å². The molecule has 0 saturated carbocycles. The fourth-order valence-electron chi connectivity index (χ4n) is 2.76. The van der Waals surface area contributed by atoms with Crippen molar-refractivity contribution in [3.8, 4) is 0 Å². The van der Waals surface area contributed by atoms with Crippen LogP contribution >= 0.6 is 0 Å². The van der Waals surface area contributed by atoms with Crippen LogP contribution in [0, 0.1) is 10.1 Å². The van der Waals surface area contributed by atoms with Gasteiger partial charge in [0.2, 0.25) is 5.91 Å². The molecule has 0 N–H and O–H groups in total. The summed E-state index contributed by atoms with van der Waals surface area (Å²) in [6.45, 7) is 0.